The van der Waals surface area contributed by atoms with E-state index in [1.807, 2.05) is 0 Å². The first-order valence-electron chi connectivity index (χ1n) is 26.7. The number of rotatable bonds is 45. The minimum atomic E-state index is -1.66. The average Bonchev–Trinajstić information content (AvgIpc) is 3.29. The van der Waals surface area contributed by atoms with Gasteiger partial charge >= 0.3 is 0 Å². The van der Waals surface area contributed by atoms with Gasteiger partial charge in [-0.25, -0.2) is 0 Å². The average molecular weight is 912 g/mol. The molecule has 1 amide bonds. The van der Waals surface area contributed by atoms with Crippen LogP contribution in [-0.4, -0.2) is 110 Å². The van der Waals surface area contributed by atoms with Crippen molar-refractivity contribution in [1.82, 2.24) is 5.32 Å². The monoisotopic (exact) mass is 912 g/mol. The third-order valence-corrected chi connectivity index (χ3v) is 13.0. The lowest BCUT2D eigenvalue weighted by Gasteiger charge is -2.40. The molecule has 0 radical (unpaired) electrons. The lowest BCUT2D eigenvalue weighted by Crippen LogP contribution is -2.60. The van der Waals surface area contributed by atoms with Crippen molar-refractivity contribution in [1.29, 1.82) is 0 Å². The molecule has 9 unspecified atom stereocenters. The third-order valence-electron chi connectivity index (χ3n) is 13.0. The highest BCUT2D eigenvalue weighted by molar-refractivity contribution is 5.80. The molecule has 1 saturated heterocycles. The molecule has 378 valence electrons. The molecule has 0 aromatic carbocycles. The Labute approximate surface area is 391 Å². The van der Waals surface area contributed by atoms with Crippen LogP contribution in [0.4, 0.5) is 0 Å². The molecule has 0 spiro atoms. The van der Waals surface area contributed by atoms with Crippen molar-refractivity contribution < 1.29 is 50.0 Å². The number of aliphatic hydroxyl groups excluding tert-OH is 7. The lowest BCUT2D eigenvalue weighted by molar-refractivity contribution is -0.303. The molecule has 1 aliphatic heterocycles. The molecule has 0 aromatic rings. The van der Waals surface area contributed by atoms with E-state index in [9.17, 15) is 40.5 Å². The van der Waals surface area contributed by atoms with Gasteiger partial charge in [0.25, 0.3) is 0 Å². The van der Waals surface area contributed by atoms with Crippen LogP contribution in [0.3, 0.4) is 0 Å². The maximum atomic E-state index is 13.1. The van der Waals surface area contributed by atoms with Gasteiger partial charge in [-0.3, -0.25) is 4.79 Å². The van der Waals surface area contributed by atoms with Crippen molar-refractivity contribution in [2.45, 2.75) is 294 Å². The van der Waals surface area contributed by atoms with E-state index >= 15 is 0 Å². The maximum Gasteiger partial charge on any atom is 0.249 e. The van der Waals surface area contributed by atoms with Crippen LogP contribution < -0.4 is 5.32 Å². The van der Waals surface area contributed by atoms with Crippen molar-refractivity contribution in [3.8, 4) is 0 Å². The highest BCUT2D eigenvalue weighted by Crippen LogP contribution is 2.23. The van der Waals surface area contributed by atoms with Gasteiger partial charge in [-0.1, -0.05) is 224 Å². The second-order valence-corrected chi connectivity index (χ2v) is 18.9. The summed E-state index contributed by atoms with van der Waals surface area (Å²) < 4.78 is 11.1. The number of carbonyl (C=O) groups is 1. The molecule has 0 aliphatic carbocycles. The Morgan fingerprint density at radius 3 is 1.47 bits per heavy atom. The molecule has 1 rings (SSSR count). The lowest BCUT2D eigenvalue weighted by atomic mass is 9.98. The van der Waals surface area contributed by atoms with Gasteiger partial charge in [-0.15, -0.1) is 0 Å². The summed E-state index contributed by atoms with van der Waals surface area (Å²) in [6, 6.07) is -1.17. The van der Waals surface area contributed by atoms with Crippen LogP contribution in [-0.2, 0) is 14.3 Å². The Morgan fingerprint density at radius 1 is 0.562 bits per heavy atom. The normalized spacial score (nSPS) is 21.2. The number of hydrogen-bond donors (Lipinski definition) is 8. The zero-order chi connectivity index (χ0) is 46.9. The van der Waals surface area contributed by atoms with E-state index < -0.39 is 74.2 Å². The number of allylic oxidation sites excluding steroid dienone is 4. The van der Waals surface area contributed by atoms with Gasteiger partial charge in [0.1, 0.15) is 36.6 Å². The Morgan fingerprint density at radius 2 is 1.00 bits per heavy atom. The first-order valence-corrected chi connectivity index (χ1v) is 26.7. The first-order chi connectivity index (χ1) is 31.2. The Balaban J connectivity index is 2.35. The van der Waals surface area contributed by atoms with Crippen LogP contribution in [0.25, 0.3) is 0 Å². The number of carbonyl (C=O) groups excluding carboxylic acids is 1. The number of unbranched alkanes of at least 4 members (excludes halogenated alkanes) is 29. The van der Waals surface area contributed by atoms with E-state index in [1.54, 1.807) is 0 Å². The van der Waals surface area contributed by atoms with Crippen molar-refractivity contribution in [3.63, 3.8) is 0 Å². The fraction of sp³-hybridized carbons (Fsp3) is 0.906. The topological polar surface area (TPSA) is 189 Å². The van der Waals surface area contributed by atoms with E-state index in [1.165, 1.54) is 148 Å². The van der Waals surface area contributed by atoms with Gasteiger partial charge in [-0.2, -0.15) is 0 Å². The van der Waals surface area contributed by atoms with Crippen molar-refractivity contribution in [2.24, 2.45) is 0 Å². The molecule has 1 fully saturated rings. The quantitative estimate of drug-likeness (QED) is 0.0216. The zero-order valence-electron chi connectivity index (χ0n) is 41.0. The molecule has 9 atom stereocenters. The molecular weight excluding hydrogens is 811 g/mol. The molecule has 1 aliphatic rings. The van der Waals surface area contributed by atoms with E-state index in [2.05, 4.69) is 43.5 Å². The molecule has 0 bridgehead atoms. The van der Waals surface area contributed by atoms with E-state index in [4.69, 9.17) is 9.47 Å². The zero-order valence-corrected chi connectivity index (χ0v) is 41.0. The maximum absolute atomic E-state index is 13.1. The van der Waals surface area contributed by atoms with Gasteiger partial charge in [0, 0.05) is 0 Å². The number of ether oxygens (including phenoxy) is 2. The Hall–Kier alpha value is -1.41. The highest BCUT2D eigenvalue weighted by atomic mass is 16.7. The standard InChI is InChI=1S/C53H101NO10/c1-3-5-7-9-11-13-15-17-19-21-22-23-25-27-29-31-33-35-37-39-41-46(57)52(62)54-44(43-63-53-51(61)50(60)49(59)47(42-55)64-53)48(58)45(56)40-38-36-34-32-30-28-26-24-20-18-16-14-12-10-8-6-4-2/h5,7,11,13,44-51,53,55-61H,3-4,6,8-10,12,14-43H2,1-2H3,(H,54,62)/b7-5-,13-11-. The number of aliphatic hydroxyl groups is 7. The van der Waals surface area contributed by atoms with Crippen LogP contribution in [0.2, 0.25) is 0 Å². The summed E-state index contributed by atoms with van der Waals surface area (Å²) >= 11 is 0. The molecule has 0 saturated carbocycles. The van der Waals surface area contributed by atoms with Gasteiger partial charge < -0.3 is 50.5 Å². The minimum absolute atomic E-state index is 0.261. The second kappa shape index (κ2) is 42.9. The number of hydrogen-bond acceptors (Lipinski definition) is 10. The van der Waals surface area contributed by atoms with Crippen LogP contribution >= 0.6 is 0 Å². The fourth-order valence-corrected chi connectivity index (χ4v) is 8.66. The van der Waals surface area contributed by atoms with Crippen LogP contribution in [0.5, 0.6) is 0 Å². The molecule has 11 nitrogen and oxygen atoms in total. The predicted octanol–water partition coefficient (Wildman–Crippen LogP) is 10.2. The van der Waals surface area contributed by atoms with Crippen molar-refractivity contribution in [3.05, 3.63) is 24.3 Å². The predicted molar refractivity (Wildman–Crippen MR) is 261 cm³/mol. The van der Waals surface area contributed by atoms with Gasteiger partial charge in [-0.05, 0) is 38.5 Å². The van der Waals surface area contributed by atoms with Gasteiger partial charge in [0.2, 0.25) is 5.91 Å². The summed E-state index contributed by atoms with van der Waals surface area (Å²) in [4.78, 5) is 13.1. The highest BCUT2D eigenvalue weighted by Gasteiger charge is 2.44. The van der Waals surface area contributed by atoms with Crippen LogP contribution in [0, 0.1) is 0 Å². The van der Waals surface area contributed by atoms with Crippen LogP contribution in [0.15, 0.2) is 24.3 Å². The Kier molecular flexibility index (Phi) is 40.6. The second-order valence-electron chi connectivity index (χ2n) is 18.9. The minimum Gasteiger partial charge on any atom is -0.394 e. The van der Waals surface area contributed by atoms with Gasteiger partial charge in [0.05, 0.1) is 25.4 Å². The van der Waals surface area contributed by atoms with E-state index in [-0.39, 0.29) is 6.42 Å². The fourth-order valence-electron chi connectivity index (χ4n) is 8.66. The third kappa shape index (κ3) is 31.5. The van der Waals surface area contributed by atoms with E-state index in [0.29, 0.717) is 19.3 Å². The Bertz CT molecular complexity index is 1090. The molecule has 64 heavy (non-hydrogen) atoms. The van der Waals surface area contributed by atoms with E-state index in [0.717, 1.165) is 51.4 Å². The summed E-state index contributed by atoms with van der Waals surface area (Å²) in [6.45, 7) is 3.37. The summed E-state index contributed by atoms with van der Waals surface area (Å²) in [7, 11) is 0. The first kappa shape index (κ1) is 60.6. The summed E-state index contributed by atoms with van der Waals surface area (Å²) in [6.07, 6.45) is 37.9. The van der Waals surface area contributed by atoms with Crippen molar-refractivity contribution in [2.75, 3.05) is 13.2 Å². The number of nitrogens with one attached hydrogen (secondary N) is 1. The van der Waals surface area contributed by atoms with Crippen LogP contribution in [0.1, 0.15) is 239 Å². The molecular formula is C53H101NO10. The molecule has 11 heteroatoms. The number of amides is 1. The summed E-state index contributed by atoms with van der Waals surface area (Å²) in [5.74, 6) is -0.696. The SMILES string of the molecule is CC/C=C\C/C=C\CCCCCCCCCCCCCCCC(O)C(=O)NC(COC1OC(CO)C(O)C(O)C1O)C(O)C(O)CCCCCCCCCCCCCCCCCCC. The summed E-state index contributed by atoms with van der Waals surface area (Å²) in [5, 5.41) is 76.0. The smallest absolute Gasteiger partial charge is 0.249 e. The summed E-state index contributed by atoms with van der Waals surface area (Å²) in [5.41, 5.74) is 0. The largest absolute Gasteiger partial charge is 0.394 e. The molecule has 0 aromatic heterocycles. The molecule has 8 N–H and O–H groups in total. The molecule has 1 heterocycles. The van der Waals surface area contributed by atoms with Gasteiger partial charge in [0.15, 0.2) is 6.29 Å². The van der Waals surface area contributed by atoms with Crippen molar-refractivity contribution >= 4 is 5.91 Å².